The second-order valence-corrected chi connectivity index (χ2v) is 8.29. The Hall–Kier alpha value is -1.06. The second-order valence-electron chi connectivity index (χ2n) is 8.29. The summed E-state index contributed by atoms with van der Waals surface area (Å²) in [4.78, 5) is 23.5. The Morgan fingerprint density at radius 2 is 1.68 bits per heavy atom. The topological polar surface area (TPSA) is 55.4 Å². The van der Waals surface area contributed by atoms with Gasteiger partial charge < -0.3 is 10.1 Å². The molecule has 0 heterocycles. The number of amides is 1. The number of nitrogens with one attached hydrogen (secondary N) is 1. The maximum absolute atomic E-state index is 11.9. The molecule has 1 amide bonds. The Kier molecular flexibility index (Phi) is 8.72. The lowest BCUT2D eigenvalue weighted by Gasteiger charge is -2.34. The molecule has 0 rings (SSSR count). The van der Waals surface area contributed by atoms with Crippen molar-refractivity contribution in [2.24, 2.45) is 16.7 Å². The molecule has 0 aromatic carbocycles. The number of carbonyl (C=O) groups is 2. The third kappa shape index (κ3) is 10.6. The van der Waals surface area contributed by atoms with E-state index in [0.29, 0.717) is 18.9 Å². The molecular formula is C18H35NO3. The van der Waals surface area contributed by atoms with E-state index in [0.717, 1.165) is 19.3 Å². The molecule has 0 bridgehead atoms. The van der Waals surface area contributed by atoms with Gasteiger partial charge in [0.25, 0.3) is 5.91 Å². The normalized spacial score (nSPS) is 12.4. The van der Waals surface area contributed by atoms with Crippen LogP contribution in [0.5, 0.6) is 0 Å². The van der Waals surface area contributed by atoms with Gasteiger partial charge in [-0.05, 0) is 29.6 Å². The molecular weight excluding hydrogens is 278 g/mol. The second kappa shape index (κ2) is 9.16. The molecule has 0 aliphatic rings. The van der Waals surface area contributed by atoms with Crippen molar-refractivity contribution in [3.05, 3.63) is 0 Å². The van der Waals surface area contributed by atoms with Gasteiger partial charge in [-0.15, -0.1) is 0 Å². The number of rotatable bonds is 10. The smallest absolute Gasteiger partial charge is 0.306 e. The fourth-order valence-corrected chi connectivity index (χ4v) is 3.08. The zero-order valence-corrected chi connectivity index (χ0v) is 15.5. The lowest BCUT2D eigenvalue weighted by Crippen LogP contribution is -2.32. The molecule has 0 radical (unpaired) electrons. The van der Waals surface area contributed by atoms with E-state index in [9.17, 15) is 9.59 Å². The average molecular weight is 313 g/mol. The van der Waals surface area contributed by atoms with E-state index in [-0.39, 0.29) is 29.3 Å². The van der Waals surface area contributed by atoms with Crippen LogP contribution < -0.4 is 5.32 Å². The molecule has 0 fully saturated rings. The molecule has 0 atom stereocenters. The highest BCUT2D eigenvalue weighted by Gasteiger charge is 2.30. The fourth-order valence-electron chi connectivity index (χ4n) is 3.08. The molecule has 0 spiro atoms. The predicted molar refractivity (Wildman–Crippen MR) is 90.5 cm³/mol. The number of carbonyl (C=O) groups excluding carboxylic acids is 2. The van der Waals surface area contributed by atoms with E-state index in [4.69, 9.17) is 4.74 Å². The van der Waals surface area contributed by atoms with Crippen LogP contribution in [-0.2, 0) is 14.3 Å². The van der Waals surface area contributed by atoms with Crippen LogP contribution >= 0.6 is 0 Å². The van der Waals surface area contributed by atoms with Gasteiger partial charge in [0.2, 0.25) is 0 Å². The summed E-state index contributed by atoms with van der Waals surface area (Å²) < 4.78 is 5.10. The lowest BCUT2D eigenvalue weighted by atomic mass is 9.71. The Balaban J connectivity index is 4.21. The molecule has 130 valence electrons. The van der Waals surface area contributed by atoms with Gasteiger partial charge in [-0.2, -0.15) is 0 Å². The number of hydrogen-bond acceptors (Lipinski definition) is 3. The average Bonchev–Trinajstić information content (AvgIpc) is 2.31. The first-order chi connectivity index (χ1) is 9.97. The first-order valence-corrected chi connectivity index (χ1v) is 8.40. The molecule has 22 heavy (non-hydrogen) atoms. The third-order valence-electron chi connectivity index (χ3n) is 3.58. The fraction of sp³-hybridized carbons (Fsp3) is 0.889. The summed E-state index contributed by atoms with van der Waals surface area (Å²) in [5.74, 6) is -0.137. The van der Waals surface area contributed by atoms with E-state index in [1.807, 2.05) is 13.8 Å². The van der Waals surface area contributed by atoms with E-state index >= 15 is 0 Å². The summed E-state index contributed by atoms with van der Waals surface area (Å²) in [7, 11) is 0. The Labute approximate surface area is 136 Å². The summed E-state index contributed by atoms with van der Waals surface area (Å²) in [6.07, 6.45) is 3.59. The molecule has 1 N–H and O–H groups in total. The molecule has 4 heteroatoms. The summed E-state index contributed by atoms with van der Waals surface area (Å²) in [6.45, 7) is 15.3. The van der Waals surface area contributed by atoms with Crippen LogP contribution in [0.25, 0.3) is 0 Å². The first-order valence-electron chi connectivity index (χ1n) is 8.40. The van der Waals surface area contributed by atoms with Crippen LogP contribution in [0.2, 0.25) is 0 Å². The standard InChI is InChI=1S/C18H35NO3/c1-8-9-17(4,5)13-18(6,7)10-16(21)22-12-15(20)19-11-14(2)3/h14H,8-13H2,1-7H3,(H,19,20). The Bertz CT molecular complexity index is 359. The Morgan fingerprint density at radius 1 is 1.09 bits per heavy atom. The highest BCUT2D eigenvalue weighted by atomic mass is 16.5. The molecule has 0 unspecified atom stereocenters. The van der Waals surface area contributed by atoms with Crippen molar-refractivity contribution in [3.63, 3.8) is 0 Å². The van der Waals surface area contributed by atoms with E-state index in [1.54, 1.807) is 0 Å². The molecule has 0 aliphatic carbocycles. The number of hydrogen-bond donors (Lipinski definition) is 1. The van der Waals surface area contributed by atoms with Crippen LogP contribution in [0.1, 0.15) is 74.1 Å². The van der Waals surface area contributed by atoms with Gasteiger partial charge in [0, 0.05) is 6.54 Å². The molecule has 0 aliphatic heterocycles. The van der Waals surface area contributed by atoms with Gasteiger partial charge in [0.1, 0.15) is 0 Å². The van der Waals surface area contributed by atoms with E-state index in [1.165, 1.54) is 0 Å². The van der Waals surface area contributed by atoms with Gasteiger partial charge in [0.05, 0.1) is 6.42 Å². The molecule has 0 aromatic heterocycles. The summed E-state index contributed by atoms with van der Waals surface area (Å²) in [5.41, 5.74) is 0.0946. The summed E-state index contributed by atoms with van der Waals surface area (Å²) in [6, 6.07) is 0. The van der Waals surface area contributed by atoms with Crippen molar-refractivity contribution in [1.82, 2.24) is 5.32 Å². The minimum Gasteiger partial charge on any atom is -0.456 e. The van der Waals surface area contributed by atoms with Crippen LogP contribution in [0.3, 0.4) is 0 Å². The lowest BCUT2D eigenvalue weighted by molar-refractivity contribution is -0.150. The van der Waals surface area contributed by atoms with Crippen LogP contribution in [0, 0.1) is 16.7 Å². The molecule has 0 aromatic rings. The highest BCUT2D eigenvalue weighted by molar-refractivity contribution is 5.80. The third-order valence-corrected chi connectivity index (χ3v) is 3.58. The largest absolute Gasteiger partial charge is 0.456 e. The Morgan fingerprint density at radius 3 is 2.18 bits per heavy atom. The van der Waals surface area contributed by atoms with Gasteiger partial charge in [-0.1, -0.05) is 54.9 Å². The van der Waals surface area contributed by atoms with Crippen molar-refractivity contribution < 1.29 is 14.3 Å². The van der Waals surface area contributed by atoms with Gasteiger partial charge in [-0.25, -0.2) is 0 Å². The maximum atomic E-state index is 11.9. The van der Waals surface area contributed by atoms with Crippen LogP contribution in [0.4, 0.5) is 0 Å². The predicted octanol–water partition coefficient (Wildman–Crippen LogP) is 3.93. The van der Waals surface area contributed by atoms with Gasteiger partial charge in [-0.3, -0.25) is 9.59 Å². The van der Waals surface area contributed by atoms with E-state index in [2.05, 4.69) is 39.9 Å². The molecule has 0 saturated heterocycles. The van der Waals surface area contributed by atoms with Gasteiger partial charge >= 0.3 is 5.97 Å². The van der Waals surface area contributed by atoms with Crippen LogP contribution in [-0.4, -0.2) is 25.0 Å². The zero-order chi connectivity index (χ0) is 17.4. The van der Waals surface area contributed by atoms with Crippen molar-refractivity contribution in [1.29, 1.82) is 0 Å². The van der Waals surface area contributed by atoms with Crippen molar-refractivity contribution in [2.45, 2.75) is 74.1 Å². The monoisotopic (exact) mass is 313 g/mol. The summed E-state index contributed by atoms with van der Waals surface area (Å²) in [5, 5.41) is 2.74. The van der Waals surface area contributed by atoms with Crippen molar-refractivity contribution >= 4 is 11.9 Å². The SMILES string of the molecule is CCCC(C)(C)CC(C)(C)CC(=O)OCC(=O)NCC(C)C. The van der Waals surface area contributed by atoms with Crippen molar-refractivity contribution in [2.75, 3.05) is 13.2 Å². The van der Waals surface area contributed by atoms with Crippen molar-refractivity contribution in [3.8, 4) is 0 Å². The summed E-state index contributed by atoms with van der Waals surface area (Å²) >= 11 is 0. The minimum absolute atomic E-state index is 0.121. The number of ether oxygens (including phenoxy) is 1. The zero-order valence-electron chi connectivity index (χ0n) is 15.5. The van der Waals surface area contributed by atoms with E-state index < -0.39 is 0 Å². The highest BCUT2D eigenvalue weighted by Crippen LogP contribution is 2.39. The quantitative estimate of drug-likeness (QED) is 0.622. The molecule has 0 saturated carbocycles. The van der Waals surface area contributed by atoms with Gasteiger partial charge in [0.15, 0.2) is 6.61 Å². The molecule has 4 nitrogen and oxygen atoms in total. The van der Waals surface area contributed by atoms with Crippen LogP contribution in [0.15, 0.2) is 0 Å². The number of esters is 1. The minimum atomic E-state index is -0.294. The maximum Gasteiger partial charge on any atom is 0.306 e. The first kappa shape index (κ1) is 20.9.